The molecule has 0 saturated heterocycles. The van der Waals surface area contributed by atoms with Gasteiger partial charge in [0.15, 0.2) is 0 Å². The smallest absolute Gasteiger partial charge is 0.346 e. The fourth-order valence-corrected chi connectivity index (χ4v) is 3.94. The number of aliphatic carboxylic acids is 2. The molecule has 0 aliphatic heterocycles. The van der Waals surface area contributed by atoms with Crippen molar-refractivity contribution in [1.29, 1.82) is 0 Å². The molecular formula is C9H17N2O7PS2. The molecule has 2 unspecified atom stereocenters. The Labute approximate surface area is 128 Å². The fourth-order valence-electron chi connectivity index (χ4n) is 1.01. The molecule has 12 heteroatoms. The van der Waals surface area contributed by atoms with Gasteiger partial charge in [0.1, 0.15) is 17.9 Å². The molecule has 21 heavy (non-hydrogen) atoms. The molecule has 0 rings (SSSR count). The molecule has 0 bridgehead atoms. The Balaban J connectivity index is 4.39. The van der Waals surface area contributed by atoms with Gasteiger partial charge in [0, 0.05) is 11.5 Å². The monoisotopic (exact) mass is 360 g/mol. The number of rotatable bonds is 11. The summed E-state index contributed by atoms with van der Waals surface area (Å²) in [7, 11) is -2.44. The number of hydrogen-bond acceptors (Lipinski definition) is 7. The van der Waals surface area contributed by atoms with Crippen LogP contribution in [0.25, 0.3) is 0 Å². The van der Waals surface area contributed by atoms with Gasteiger partial charge in [0.05, 0.1) is 0 Å². The number of carboxylic acid groups (broad SMARTS) is 2. The topological polar surface area (TPSA) is 170 Å². The van der Waals surface area contributed by atoms with E-state index in [1.165, 1.54) is 0 Å². The van der Waals surface area contributed by atoms with Crippen LogP contribution in [0.1, 0.15) is 0 Å². The summed E-state index contributed by atoms with van der Waals surface area (Å²) in [6.07, 6.45) is 0.939. The van der Waals surface area contributed by atoms with Crippen molar-refractivity contribution >= 4 is 41.1 Å². The maximum absolute atomic E-state index is 11.1. The maximum Gasteiger partial charge on any atom is 0.346 e. The minimum Gasteiger partial charge on any atom is -0.480 e. The second-order valence-electron chi connectivity index (χ2n) is 3.84. The van der Waals surface area contributed by atoms with Crippen LogP contribution >= 0.6 is 29.2 Å². The highest BCUT2D eigenvalue weighted by molar-refractivity contribution is 8.76. The first kappa shape index (κ1) is 20.5. The van der Waals surface area contributed by atoms with Crippen molar-refractivity contribution in [3.05, 3.63) is 12.7 Å². The molecule has 3 atom stereocenters. The lowest BCUT2D eigenvalue weighted by Gasteiger charge is -2.21. The number of carboxylic acids is 2. The highest BCUT2D eigenvalue weighted by atomic mass is 33.1. The molecule has 0 heterocycles. The van der Waals surface area contributed by atoms with Crippen molar-refractivity contribution in [3.8, 4) is 0 Å². The molecule has 0 amide bonds. The van der Waals surface area contributed by atoms with Crippen LogP contribution in [0.4, 0.5) is 0 Å². The minimum atomic E-state index is -4.54. The van der Waals surface area contributed by atoms with Crippen molar-refractivity contribution in [2.75, 3.05) is 11.5 Å². The van der Waals surface area contributed by atoms with E-state index in [1.807, 2.05) is 0 Å². The van der Waals surface area contributed by atoms with Crippen LogP contribution < -0.4 is 11.1 Å². The third-order valence-electron chi connectivity index (χ3n) is 2.14. The quantitative estimate of drug-likeness (QED) is 0.122. The predicted molar refractivity (Wildman–Crippen MR) is 81.1 cm³/mol. The van der Waals surface area contributed by atoms with Crippen LogP contribution in [0.5, 0.6) is 0 Å². The fraction of sp³-hybridized carbons (Fsp3) is 0.556. The highest BCUT2D eigenvalue weighted by Crippen LogP contribution is 2.40. The lowest BCUT2D eigenvalue weighted by molar-refractivity contribution is -0.139. The Hall–Kier alpha value is -0.550. The third kappa shape index (κ3) is 8.47. The van der Waals surface area contributed by atoms with Gasteiger partial charge < -0.3 is 25.7 Å². The SMILES string of the molecule is C=CC(N[C@@H](CSSCC(N)C(=O)O)C(=O)O)P(=O)(O)O. The van der Waals surface area contributed by atoms with Gasteiger partial charge in [-0.1, -0.05) is 27.7 Å². The Kier molecular flexibility index (Phi) is 9.22. The van der Waals surface area contributed by atoms with E-state index in [2.05, 4.69) is 11.9 Å². The lowest BCUT2D eigenvalue weighted by atomic mass is 10.3. The van der Waals surface area contributed by atoms with Crippen LogP contribution in [0, 0.1) is 0 Å². The van der Waals surface area contributed by atoms with Gasteiger partial charge in [-0.3, -0.25) is 19.5 Å². The van der Waals surface area contributed by atoms with Crippen LogP contribution in [0.3, 0.4) is 0 Å². The molecule has 7 N–H and O–H groups in total. The van der Waals surface area contributed by atoms with Crippen molar-refractivity contribution in [1.82, 2.24) is 5.32 Å². The molecule has 0 aliphatic carbocycles. The van der Waals surface area contributed by atoms with E-state index in [0.717, 1.165) is 27.7 Å². The van der Waals surface area contributed by atoms with Crippen LogP contribution in [-0.4, -0.2) is 61.3 Å². The third-order valence-corrected chi connectivity index (χ3v) is 5.67. The van der Waals surface area contributed by atoms with Gasteiger partial charge in [0.2, 0.25) is 0 Å². The molecule has 0 saturated carbocycles. The van der Waals surface area contributed by atoms with E-state index in [4.69, 9.17) is 25.7 Å². The van der Waals surface area contributed by atoms with Crippen LogP contribution in [0.2, 0.25) is 0 Å². The maximum atomic E-state index is 11.1. The average Bonchev–Trinajstić information content (AvgIpc) is 2.35. The van der Waals surface area contributed by atoms with E-state index < -0.39 is 37.4 Å². The summed E-state index contributed by atoms with van der Waals surface area (Å²) in [6.45, 7) is 3.24. The average molecular weight is 360 g/mol. The zero-order chi connectivity index (χ0) is 16.6. The second-order valence-corrected chi connectivity index (χ2v) is 8.13. The van der Waals surface area contributed by atoms with E-state index in [-0.39, 0.29) is 11.5 Å². The van der Waals surface area contributed by atoms with Gasteiger partial charge in [-0.05, 0) is 0 Å². The molecule has 0 aromatic heterocycles. The summed E-state index contributed by atoms with van der Waals surface area (Å²) < 4.78 is 11.1. The standard InChI is InChI=1S/C9H17N2O7PS2/c1-2-7(19(16,17)18)11-6(9(14)15)4-21-20-3-5(10)8(12)13/h2,5-7,11H,1,3-4,10H2,(H,12,13)(H,14,15)(H2,16,17,18)/t5?,6-,7?/m0/s1. The summed E-state index contributed by atoms with van der Waals surface area (Å²) in [4.78, 5) is 39.5. The molecular weight excluding hydrogens is 343 g/mol. The first-order valence-corrected chi connectivity index (χ1v) is 9.66. The molecule has 0 aliphatic rings. The predicted octanol–water partition coefficient (Wildman–Crippen LogP) is -0.488. The Morgan fingerprint density at radius 3 is 2.14 bits per heavy atom. The molecule has 9 nitrogen and oxygen atoms in total. The first-order valence-electron chi connectivity index (χ1n) is 5.49. The van der Waals surface area contributed by atoms with Gasteiger partial charge in [-0.15, -0.1) is 6.58 Å². The summed E-state index contributed by atoms with van der Waals surface area (Å²) >= 11 is 0. The number of nitrogens with one attached hydrogen (secondary N) is 1. The minimum absolute atomic E-state index is 0.0311. The van der Waals surface area contributed by atoms with Gasteiger partial charge in [-0.25, -0.2) is 0 Å². The zero-order valence-corrected chi connectivity index (χ0v) is 13.3. The number of hydrogen-bond donors (Lipinski definition) is 6. The van der Waals surface area contributed by atoms with E-state index in [0.29, 0.717) is 0 Å². The molecule has 0 aromatic carbocycles. The van der Waals surface area contributed by atoms with Crippen molar-refractivity contribution < 1.29 is 34.2 Å². The number of nitrogens with two attached hydrogens (primary N) is 1. The largest absolute Gasteiger partial charge is 0.480 e. The summed E-state index contributed by atoms with van der Waals surface area (Å²) in [5, 5.41) is 19.8. The molecule has 0 aromatic rings. The highest BCUT2D eigenvalue weighted by Gasteiger charge is 2.30. The van der Waals surface area contributed by atoms with E-state index in [1.54, 1.807) is 0 Å². The molecule has 0 spiro atoms. The number of carbonyl (C=O) groups is 2. The van der Waals surface area contributed by atoms with Gasteiger partial charge in [-0.2, -0.15) is 0 Å². The Morgan fingerprint density at radius 1 is 1.24 bits per heavy atom. The molecule has 0 fully saturated rings. The summed E-state index contributed by atoms with van der Waals surface area (Å²) in [5.41, 5.74) is 5.27. The van der Waals surface area contributed by atoms with Gasteiger partial charge in [0.25, 0.3) is 0 Å². The second kappa shape index (κ2) is 9.46. The lowest BCUT2D eigenvalue weighted by Crippen LogP contribution is -2.44. The zero-order valence-electron chi connectivity index (χ0n) is 10.8. The molecule has 0 radical (unpaired) electrons. The van der Waals surface area contributed by atoms with Crippen molar-refractivity contribution in [2.45, 2.75) is 17.9 Å². The summed E-state index contributed by atoms with van der Waals surface area (Å²) in [5.74, 6) is -3.87. The Morgan fingerprint density at radius 2 is 1.76 bits per heavy atom. The van der Waals surface area contributed by atoms with Gasteiger partial charge >= 0.3 is 19.5 Å². The van der Waals surface area contributed by atoms with Crippen LogP contribution in [-0.2, 0) is 14.2 Å². The first-order chi connectivity index (χ1) is 9.59. The summed E-state index contributed by atoms with van der Waals surface area (Å²) in [6, 6.07) is -2.28. The van der Waals surface area contributed by atoms with Crippen LogP contribution in [0.15, 0.2) is 12.7 Å². The normalized spacial score (nSPS) is 16.0. The van der Waals surface area contributed by atoms with E-state index in [9.17, 15) is 14.2 Å². The Bertz CT molecular complexity index is 430. The molecule has 122 valence electrons. The van der Waals surface area contributed by atoms with Crippen molar-refractivity contribution in [3.63, 3.8) is 0 Å². The van der Waals surface area contributed by atoms with E-state index >= 15 is 0 Å². The van der Waals surface area contributed by atoms with Crippen molar-refractivity contribution in [2.24, 2.45) is 5.73 Å².